The van der Waals surface area contributed by atoms with Gasteiger partial charge in [-0.1, -0.05) is 20.8 Å². The summed E-state index contributed by atoms with van der Waals surface area (Å²) in [6.45, 7) is 5.81. The van der Waals surface area contributed by atoms with E-state index in [-0.39, 0.29) is 5.41 Å². The fourth-order valence-corrected chi connectivity index (χ4v) is 1.07. The second-order valence-corrected chi connectivity index (χ2v) is 4.24. The molecule has 1 N–H and O–H groups in total. The number of nitrogens with one attached hydrogen (secondary N) is 1. The molecule has 1 nitrogen and oxygen atoms in total. The van der Waals surface area contributed by atoms with E-state index >= 15 is 0 Å². The number of H-pyrrole nitrogens is 1. The number of rotatable bonds is 0. The van der Waals surface area contributed by atoms with Crippen LogP contribution in [0, 0.1) is 0 Å². The average molecular weight is 204 g/mol. The van der Waals surface area contributed by atoms with E-state index in [1.165, 1.54) is 6.07 Å². The van der Waals surface area contributed by atoms with E-state index in [4.69, 9.17) is 0 Å². The molecular formula is C10H13F3N+. The summed E-state index contributed by atoms with van der Waals surface area (Å²) < 4.78 is 36.6. The van der Waals surface area contributed by atoms with E-state index < -0.39 is 11.7 Å². The lowest BCUT2D eigenvalue weighted by Crippen LogP contribution is -2.25. The lowest BCUT2D eigenvalue weighted by molar-refractivity contribution is -0.399. The van der Waals surface area contributed by atoms with Crippen LogP contribution in [-0.4, -0.2) is 0 Å². The quantitative estimate of drug-likeness (QED) is 0.617. The molecule has 0 radical (unpaired) electrons. The Kier molecular flexibility index (Phi) is 2.56. The Bertz CT molecular complexity index is 273. The van der Waals surface area contributed by atoms with Gasteiger partial charge in [-0.2, -0.15) is 13.2 Å². The molecule has 0 amide bonds. The van der Waals surface area contributed by atoms with Crippen LogP contribution in [0.15, 0.2) is 18.3 Å². The molecule has 78 valence electrons. The normalized spacial score (nSPS) is 13.0. The SMILES string of the molecule is CC(C)(C)c1ccc(C(F)(F)F)c[nH+]1. The molecule has 4 heteroatoms. The van der Waals surface area contributed by atoms with Crippen molar-refractivity contribution in [1.82, 2.24) is 0 Å². The number of aromatic nitrogens is 1. The van der Waals surface area contributed by atoms with Gasteiger partial charge in [-0.15, -0.1) is 0 Å². The van der Waals surface area contributed by atoms with Crippen molar-refractivity contribution in [3.63, 3.8) is 0 Å². The van der Waals surface area contributed by atoms with Crippen LogP contribution < -0.4 is 4.98 Å². The highest BCUT2D eigenvalue weighted by molar-refractivity contribution is 5.15. The number of halogens is 3. The third kappa shape index (κ3) is 2.47. The van der Waals surface area contributed by atoms with Crippen LogP contribution in [0.3, 0.4) is 0 Å². The second-order valence-electron chi connectivity index (χ2n) is 4.24. The molecule has 0 fully saturated rings. The zero-order chi connectivity index (χ0) is 11.0. The molecule has 1 aromatic rings. The van der Waals surface area contributed by atoms with Crippen LogP contribution in [0.5, 0.6) is 0 Å². The molecule has 0 saturated heterocycles. The zero-order valence-corrected chi connectivity index (χ0v) is 8.37. The highest BCUT2D eigenvalue weighted by Gasteiger charge is 2.33. The van der Waals surface area contributed by atoms with Crippen LogP contribution in [0.25, 0.3) is 0 Å². The number of hydrogen-bond donors (Lipinski definition) is 0. The maximum atomic E-state index is 12.2. The maximum absolute atomic E-state index is 12.2. The summed E-state index contributed by atoms with van der Waals surface area (Å²) in [5.41, 5.74) is -0.0274. The van der Waals surface area contributed by atoms with Crippen molar-refractivity contribution in [3.05, 3.63) is 29.6 Å². The van der Waals surface area contributed by atoms with E-state index in [9.17, 15) is 13.2 Å². The van der Waals surface area contributed by atoms with E-state index in [1.807, 2.05) is 20.8 Å². The van der Waals surface area contributed by atoms with Gasteiger partial charge in [0.2, 0.25) is 0 Å². The minimum absolute atomic E-state index is 0.163. The molecular weight excluding hydrogens is 191 g/mol. The van der Waals surface area contributed by atoms with Gasteiger partial charge >= 0.3 is 6.18 Å². The molecule has 0 spiro atoms. The first-order chi connectivity index (χ1) is 6.21. The number of alkyl halides is 3. The lowest BCUT2D eigenvalue weighted by atomic mass is 9.91. The van der Waals surface area contributed by atoms with Gasteiger partial charge in [-0.3, -0.25) is 0 Å². The summed E-state index contributed by atoms with van der Waals surface area (Å²) >= 11 is 0. The minimum Gasteiger partial charge on any atom is -0.214 e. The van der Waals surface area contributed by atoms with Crippen LogP contribution >= 0.6 is 0 Å². The second kappa shape index (κ2) is 3.26. The van der Waals surface area contributed by atoms with Gasteiger partial charge in [0.25, 0.3) is 0 Å². The maximum Gasteiger partial charge on any atom is 0.422 e. The van der Waals surface area contributed by atoms with Gasteiger partial charge in [0, 0.05) is 11.5 Å². The first-order valence-corrected chi connectivity index (χ1v) is 4.30. The molecule has 0 atom stereocenters. The fraction of sp³-hybridized carbons (Fsp3) is 0.500. The molecule has 0 unspecified atom stereocenters. The van der Waals surface area contributed by atoms with E-state index in [0.717, 1.165) is 18.0 Å². The largest absolute Gasteiger partial charge is 0.422 e. The molecule has 1 rings (SSSR count). The highest BCUT2D eigenvalue weighted by Crippen LogP contribution is 2.28. The molecule has 0 bridgehead atoms. The molecule has 14 heavy (non-hydrogen) atoms. The predicted molar refractivity (Wildman–Crippen MR) is 46.7 cm³/mol. The summed E-state index contributed by atoms with van der Waals surface area (Å²) in [6.07, 6.45) is -3.27. The lowest BCUT2D eigenvalue weighted by Gasteiger charge is -2.12. The van der Waals surface area contributed by atoms with Gasteiger partial charge in [-0.25, -0.2) is 4.98 Å². The molecule has 1 heterocycles. The van der Waals surface area contributed by atoms with Gasteiger partial charge in [0.1, 0.15) is 5.56 Å². The van der Waals surface area contributed by atoms with E-state index in [1.54, 1.807) is 0 Å². The Labute approximate surface area is 81.0 Å². The van der Waals surface area contributed by atoms with Crippen LogP contribution in [0.2, 0.25) is 0 Å². The van der Waals surface area contributed by atoms with Crippen LogP contribution in [0.1, 0.15) is 32.0 Å². The molecule has 0 saturated carbocycles. The third-order valence-electron chi connectivity index (χ3n) is 1.95. The van der Waals surface area contributed by atoms with Crippen molar-refractivity contribution in [2.24, 2.45) is 0 Å². The topological polar surface area (TPSA) is 14.1 Å². The average Bonchev–Trinajstić information content (AvgIpc) is 2.01. The summed E-state index contributed by atoms with van der Waals surface area (Å²) in [7, 11) is 0. The number of hydrogen-bond acceptors (Lipinski definition) is 0. The zero-order valence-electron chi connectivity index (χ0n) is 8.37. The summed E-state index contributed by atoms with van der Waals surface area (Å²) in [5.74, 6) is 0. The standard InChI is InChI=1S/C10H12F3N/c1-9(2,3)8-5-4-7(6-14-8)10(11,12)13/h4-6H,1-3H3/p+1. The van der Waals surface area contributed by atoms with Crippen molar-refractivity contribution in [3.8, 4) is 0 Å². The van der Waals surface area contributed by atoms with Crippen molar-refractivity contribution >= 4 is 0 Å². The van der Waals surface area contributed by atoms with Crippen LogP contribution in [-0.2, 0) is 11.6 Å². The Morgan fingerprint density at radius 1 is 1.07 bits per heavy atom. The third-order valence-corrected chi connectivity index (χ3v) is 1.95. The van der Waals surface area contributed by atoms with Crippen molar-refractivity contribution < 1.29 is 18.2 Å². The minimum atomic E-state index is -4.27. The molecule has 0 aromatic carbocycles. The molecule has 0 aliphatic rings. The van der Waals surface area contributed by atoms with E-state index in [2.05, 4.69) is 4.98 Å². The number of pyridine rings is 1. The Morgan fingerprint density at radius 2 is 1.64 bits per heavy atom. The van der Waals surface area contributed by atoms with Crippen molar-refractivity contribution in [2.45, 2.75) is 32.4 Å². The Morgan fingerprint density at radius 3 is 1.93 bits per heavy atom. The van der Waals surface area contributed by atoms with Gasteiger partial charge in [0.05, 0.1) is 0 Å². The van der Waals surface area contributed by atoms with Gasteiger partial charge < -0.3 is 0 Å². The van der Waals surface area contributed by atoms with Crippen molar-refractivity contribution in [1.29, 1.82) is 0 Å². The summed E-state index contributed by atoms with van der Waals surface area (Å²) in [5, 5.41) is 0. The van der Waals surface area contributed by atoms with E-state index in [0.29, 0.717) is 0 Å². The monoisotopic (exact) mass is 204 g/mol. The summed E-state index contributed by atoms with van der Waals surface area (Å²) in [6, 6.07) is 2.57. The van der Waals surface area contributed by atoms with Crippen molar-refractivity contribution in [2.75, 3.05) is 0 Å². The molecule has 0 aliphatic carbocycles. The molecule has 1 aromatic heterocycles. The molecule has 0 aliphatic heterocycles. The van der Waals surface area contributed by atoms with Crippen LogP contribution in [0.4, 0.5) is 13.2 Å². The number of aromatic amines is 1. The fourth-order valence-electron chi connectivity index (χ4n) is 1.07. The Hall–Kier alpha value is -1.06. The van der Waals surface area contributed by atoms with Gasteiger partial charge in [0.15, 0.2) is 11.9 Å². The Balaban J connectivity index is 3.02. The first kappa shape index (κ1) is 11.0. The first-order valence-electron chi connectivity index (χ1n) is 4.30. The smallest absolute Gasteiger partial charge is 0.214 e. The summed E-state index contributed by atoms with van der Waals surface area (Å²) in [4.78, 5) is 2.66. The highest BCUT2D eigenvalue weighted by atomic mass is 19.4. The predicted octanol–water partition coefficient (Wildman–Crippen LogP) is 2.82. The van der Waals surface area contributed by atoms with Gasteiger partial charge in [-0.05, 0) is 6.07 Å².